The van der Waals surface area contributed by atoms with Crippen LogP contribution in [-0.2, 0) is 4.79 Å². The molecule has 26 heavy (non-hydrogen) atoms. The molecule has 1 saturated heterocycles. The second-order valence-electron chi connectivity index (χ2n) is 6.33. The van der Waals surface area contributed by atoms with E-state index in [9.17, 15) is 9.59 Å². The van der Waals surface area contributed by atoms with Crippen molar-refractivity contribution in [1.82, 2.24) is 4.90 Å². The molecule has 1 aliphatic heterocycles. The van der Waals surface area contributed by atoms with Gasteiger partial charge in [-0.1, -0.05) is 17.7 Å². The van der Waals surface area contributed by atoms with Crippen LogP contribution in [0.25, 0.3) is 0 Å². The topological polar surface area (TPSA) is 49.9 Å². The van der Waals surface area contributed by atoms with E-state index in [-0.39, 0.29) is 11.8 Å². The SMILES string of the molecule is COc1ccc(C(=O)N2CCN(c3ccc(C)c(Cl)c3)C(=O)[C@@H]2C)cc1. The van der Waals surface area contributed by atoms with Gasteiger partial charge in [0.05, 0.1) is 7.11 Å². The highest BCUT2D eigenvalue weighted by Crippen LogP contribution is 2.26. The number of methoxy groups -OCH3 is 1. The Morgan fingerprint density at radius 3 is 2.46 bits per heavy atom. The second-order valence-corrected chi connectivity index (χ2v) is 6.73. The molecule has 136 valence electrons. The molecular formula is C20H21ClN2O3. The summed E-state index contributed by atoms with van der Waals surface area (Å²) >= 11 is 6.19. The fourth-order valence-electron chi connectivity index (χ4n) is 3.05. The third-order valence-electron chi connectivity index (χ3n) is 4.72. The number of carbonyl (C=O) groups excluding carboxylic acids is 2. The number of anilines is 1. The average Bonchev–Trinajstić information content (AvgIpc) is 2.66. The predicted molar refractivity (Wildman–Crippen MR) is 102 cm³/mol. The minimum absolute atomic E-state index is 0.113. The summed E-state index contributed by atoms with van der Waals surface area (Å²) in [5.74, 6) is 0.417. The van der Waals surface area contributed by atoms with E-state index in [4.69, 9.17) is 16.3 Å². The number of nitrogens with zero attached hydrogens (tertiary/aromatic N) is 2. The molecule has 1 atom stereocenters. The van der Waals surface area contributed by atoms with Crippen LogP contribution >= 0.6 is 11.6 Å². The van der Waals surface area contributed by atoms with E-state index in [0.717, 1.165) is 11.3 Å². The largest absolute Gasteiger partial charge is 0.497 e. The zero-order chi connectivity index (χ0) is 18.8. The summed E-state index contributed by atoms with van der Waals surface area (Å²) in [6.45, 7) is 4.57. The number of hydrogen-bond donors (Lipinski definition) is 0. The van der Waals surface area contributed by atoms with Crippen LogP contribution < -0.4 is 9.64 Å². The van der Waals surface area contributed by atoms with Crippen LogP contribution in [-0.4, -0.2) is 43.0 Å². The molecule has 5 nitrogen and oxygen atoms in total. The lowest BCUT2D eigenvalue weighted by Crippen LogP contribution is -2.57. The highest BCUT2D eigenvalue weighted by Gasteiger charge is 2.35. The van der Waals surface area contributed by atoms with Crippen molar-refractivity contribution in [3.8, 4) is 5.75 Å². The van der Waals surface area contributed by atoms with Gasteiger partial charge in [0.25, 0.3) is 5.91 Å². The van der Waals surface area contributed by atoms with Gasteiger partial charge < -0.3 is 14.5 Å². The van der Waals surface area contributed by atoms with Gasteiger partial charge in [-0.15, -0.1) is 0 Å². The van der Waals surface area contributed by atoms with E-state index in [1.807, 2.05) is 19.1 Å². The van der Waals surface area contributed by atoms with E-state index in [1.165, 1.54) is 0 Å². The molecule has 0 spiro atoms. The quantitative estimate of drug-likeness (QED) is 0.828. The molecule has 0 bridgehead atoms. The number of halogens is 1. The molecule has 0 aliphatic carbocycles. The molecule has 1 fully saturated rings. The van der Waals surface area contributed by atoms with Crippen molar-refractivity contribution in [3.63, 3.8) is 0 Å². The van der Waals surface area contributed by atoms with Gasteiger partial charge >= 0.3 is 0 Å². The van der Waals surface area contributed by atoms with Crippen LogP contribution in [0.15, 0.2) is 42.5 Å². The summed E-state index contributed by atoms with van der Waals surface area (Å²) in [5, 5.41) is 0.625. The molecule has 2 amide bonds. The van der Waals surface area contributed by atoms with Crippen LogP contribution in [0.4, 0.5) is 5.69 Å². The Balaban J connectivity index is 1.78. The zero-order valence-electron chi connectivity index (χ0n) is 15.0. The number of benzene rings is 2. The highest BCUT2D eigenvalue weighted by atomic mass is 35.5. The van der Waals surface area contributed by atoms with Gasteiger partial charge in [0, 0.05) is 29.4 Å². The lowest BCUT2D eigenvalue weighted by molar-refractivity contribution is -0.124. The summed E-state index contributed by atoms with van der Waals surface area (Å²) in [7, 11) is 1.58. The van der Waals surface area contributed by atoms with E-state index in [2.05, 4.69) is 0 Å². The van der Waals surface area contributed by atoms with Gasteiger partial charge in [-0.3, -0.25) is 9.59 Å². The molecule has 2 aromatic carbocycles. The molecule has 0 unspecified atom stereocenters. The summed E-state index contributed by atoms with van der Waals surface area (Å²) in [4.78, 5) is 28.9. The number of rotatable bonds is 3. The van der Waals surface area contributed by atoms with Crippen LogP contribution in [0, 0.1) is 6.92 Å². The van der Waals surface area contributed by atoms with Crippen molar-refractivity contribution in [1.29, 1.82) is 0 Å². The van der Waals surface area contributed by atoms with Crippen molar-refractivity contribution < 1.29 is 14.3 Å². The molecule has 6 heteroatoms. The Hall–Kier alpha value is -2.53. The van der Waals surface area contributed by atoms with Crippen molar-refractivity contribution in [3.05, 3.63) is 58.6 Å². The first-order valence-electron chi connectivity index (χ1n) is 8.45. The third kappa shape index (κ3) is 3.40. The van der Waals surface area contributed by atoms with Crippen LogP contribution in [0.5, 0.6) is 5.75 Å². The molecule has 0 saturated carbocycles. The van der Waals surface area contributed by atoms with Crippen LogP contribution in [0.1, 0.15) is 22.8 Å². The van der Waals surface area contributed by atoms with Gasteiger partial charge in [0.2, 0.25) is 5.91 Å². The monoisotopic (exact) mass is 372 g/mol. The Bertz CT molecular complexity index is 835. The maximum absolute atomic E-state index is 12.8. The van der Waals surface area contributed by atoms with Gasteiger partial charge in [-0.05, 0) is 55.8 Å². The number of carbonyl (C=O) groups is 2. The van der Waals surface area contributed by atoms with E-state index >= 15 is 0 Å². The molecular weight excluding hydrogens is 352 g/mol. The van der Waals surface area contributed by atoms with E-state index < -0.39 is 6.04 Å². The predicted octanol–water partition coefficient (Wildman–Crippen LogP) is 3.53. The summed E-state index contributed by atoms with van der Waals surface area (Å²) in [6.07, 6.45) is 0. The first-order valence-corrected chi connectivity index (χ1v) is 8.82. The fourth-order valence-corrected chi connectivity index (χ4v) is 3.23. The number of amides is 2. The lowest BCUT2D eigenvalue weighted by Gasteiger charge is -2.39. The Kier molecular flexibility index (Phi) is 5.18. The fraction of sp³-hybridized carbons (Fsp3) is 0.300. The third-order valence-corrected chi connectivity index (χ3v) is 5.13. The zero-order valence-corrected chi connectivity index (χ0v) is 15.8. The van der Waals surface area contributed by atoms with Gasteiger partial charge in [-0.25, -0.2) is 0 Å². The molecule has 0 aromatic heterocycles. The summed E-state index contributed by atoms with van der Waals surface area (Å²) in [5.41, 5.74) is 2.26. The van der Waals surface area contributed by atoms with E-state index in [0.29, 0.717) is 29.4 Å². The maximum Gasteiger partial charge on any atom is 0.254 e. The molecule has 0 radical (unpaired) electrons. The highest BCUT2D eigenvalue weighted by molar-refractivity contribution is 6.31. The minimum Gasteiger partial charge on any atom is -0.497 e. The summed E-state index contributed by atoms with van der Waals surface area (Å²) in [6, 6.07) is 11.9. The Morgan fingerprint density at radius 2 is 1.85 bits per heavy atom. The number of ether oxygens (including phenoxy) is 1. The first-order chi connectivity index (χ1) is 12.4. The lowest BCUT2D eigenvalue weighted by atomic mass is 10.1. The van der Waals surface area contributed by atoms with Crippen LogP contribution in [0.3, 0.4) is 0 Å². The van der Waals surface area contributed by atoms with Crippen LogP contribution in [0.2, 0.25) is 5.02 Å². The molecule has 2 aromatic rings. The average molecular weight is 373 g/mol. The van der Waals surface area contributed by atoms with Gasteiger partial charge in [0.15, 0.2) is 0 Å². The van der Waals surface area contributed by atoms with Gasteiger partial charge in [-0.2, -0.15) is 0 Å². The molecule has 1 aliphatic rings. The number of aryl methyl sites for hydroxylation is 1. The van der Waals surface area contributed by atoms with Gasteiger partial charge in [0.1, 0.15) is 11.8 Å². The maximum atomic E-state index is 12.8. The number of piperazine rings is 1. The first kappa shape index (κ1) is 18.3. The van der Waals surface area contributed by atoms with Crippen molar-refractivity contribution in [2.24, 2.45) is 0 Å². The Morgan fingerprint density at radius 1 is 1.15 bits per heavy atom. The van der Waals surface area contributed by atoms with Crippen molar-refractivity contribution in [2.75, 3.05) is 25.1 Å². The van der Waals surface area contributed by atoms with Crippen molar-refractivity contribution >= 4 is 29.1 Å². The summed E-state index contributed by atoms with van der Waals surface area (Å²) < 4.78 is 5.12. The number of hydrogen-bond acceptors (Lipinski definition) is 3. The minimum atomic E-state index is -0.543. The smallest absolute Gasteiger partial charge is 0.254 e. The molecule has 0 N–H and O–H groups in total. The molecule has 1 heterocycles. The normalized spacial score (nSPS) is 17.4. The van der Waals surface area contributed by atoms with E-state index in [1.54, 1.807) is 54.2 Å². The van der Waals surface area contributed by atoms with Crippen molar-refractivity contribution in [2.45, 2.75) is 19.9 Å². The molecule has 3 rings (SSSR count). The second kappa shape index (κ2) is 7.38. The Labute approximate surface area is 158 Å². The standard InChI is InChI=1S/C20H21ClN2O3/c1-13-4-7-16(12-18(13)21)23-11-10-22(14(2)19(23)24)20(25)15-5-8-17(26-3)9-6-15/h4-9,12,14H,10-11H2,1-3H3/t14-/m0/s1.